The summed E-state index contributed by atoms with van der Waals surface area (Å²) in [5.41, 5.74) is 0.792. The maximum Gasteiger partial charge on any atom is 0.273 e. The van der Waals surface area contributed by atoms with Crippen LogP contribution in [0.4, 0.5) is 0 Å². The maximum absolute atomic E-state index is 11.5. The lowest BCUT2D eigenvalue weighted by Crippen LogP contribution is -2.18. The van der Waals surface area contributed by atoms with Gasteiger partial charge in [-0.2, -0.15) is 0 Å². The van der Waals surface area contributed by atoms with E-state index in [-0.39, 0.29) is 11.2 Å². The molecule has 19 heavy (non-hydrogen) atoms. The summed E-state index contributed by atoms with van der Waals surface area (Å²) >= 11 is 1.19. The Labute approximate surface area is 113 Å². The van der Waals surface area contributed by atoms with Gasteiger partial charge in [0.2, 0.25) is 0 Å². The van der Waals surface area contributed by atoms with Crippen molar-refractivity contribution in [2.75, 3.05) is 0 Å². The standard InChI is InChI=1S/C9H12N6O2S2/c1-2-6-7(18-14-11-6)8-12-13-9(19(10,16)17)15(8)5-3-4-5/h5H,2-4H2,1H3,(H2,10,16,17). The van der Waals surface area contributed by atoms with Crippen LogP contribution in [0.25, 0.3) is 10.7 Å². The molecule has 2 aromatic heterocycles. The van der Waals surface area contributed by atoms with Crippen molar-refractivity contribution in [1.82, 2.24) is 24.4 Å². The second-order valence-corrected chi connectivity index (χ2v) is 6.56. The molecule has 0 saturated heterocycles. The normalized spacial score (nSPS) is 15.9. The van der Waals surface area contributed by atoms with Crippen molar-refractivity contribution in [1.29, 1.82) is 0 Å². The molecule has 2 N–H and O–H groups in total. The van der Waals surface area contributed by atoms with E-state index in [4.69, 9.17) is 5.14 Å². The molecule has 3 rings (SSSR count). The number of nitrogens with zero attached hydrogens (tertiary/aromatic N) is 5. The fourth-order valence-electron chi connectivity index (χ4n) is 1.90. The third-order valence-electron chi connectivity index (χ3n) is 2.92. The van der Waals surface area contributed by atoms with Crippen LogP contribution in [-0.4, -0.2) is 32.8 Å². The second kappa shape index (κ2) is 4.32. The van der Waals surface area contributed by atoms with E-state index >= 15 is 0 Å². The lowest BCUT2D eigenvalue weighted by atomic mass is 10.3. The largest absolute Gasteiger partial charge is 0.293 e. The number of primary sulfonamides is 1. The first-order valence-electron chi connectivity index (χ1n) is 5.81. The van der Waals surface area contributed by atoms with E-state index in [0.717, 1.165) is 23.4 Å². The van der Waals surface area contributed by atoms with Gasteiger partial charge in [0.1, 0.15) is 4.88 Å². The molecule has 0 atom stereocenters. The number of sulfonamides is 1. The van der Waals surface area contributed by atoms with Crippen molar-refractivity contribution in [2.24, 2.45) is 5.14 Å². The predicted octanol–water partition coefficient (Wildman–Crippen LogP) is 0.341. The molecule has 0 aromatic carbocycles. The molecule has 0 bridgehead atoms. The molecule has 1 fully saturated rings. The fourth-order valence-corrected chi connectivity index (χ4v) is 3.29. The summed E-state index contributed by atoms with van der Waals surface area (Å²) in [5.74, 6) is 0.498. The predicted molar refractivity (Wildman–Crippen MR) is 67.9 cm³/mol. The zero-order valence-corrected chi connectivity index (χ0v) is 11.8. The van der Waals surface area contributed by atoms with Crippen LogP contribution in [0.2, 0.25) is 0 Å². The Morgan fingerprint density at radius 1 is 1.37 bits per heavy atom. The van der Waals surface area contributed by atoms with E-state index in [1.165, 1.54) is 11.5 Å². The van der Waals surface area contributed by atoms with Crippen LogP contribution in [0.3, 0.4) is 0 Å². The minimum atomic E-state index is -3.88. The van der Waals surface area contributed by atoms with E-state index in [1.54, 1.807) is 4.57 Å². The molecule has 2 heterocycles. The highest BCUT2D eigenvalue weighted by atomic mass is 32.2. The lowest BCUT2D eigenvalue weighted by Gasteiger charge is -2.06. The van der Waals surface area contributed by atoms with E-state index in [9.17, 15) is 8.42 Å². The first-order valence-corrected chi connectivity index (χ1v) is 8.13. The van der Waals surface area contributed by atoms with Crippen LogP contribution >= 0.6 is 11.5 Å². The number of hydrogen-bond donors (Lipinski definition) is 1. The van der Waals surface area contributed by atoms with Crippen LogP contribution in [0, 0.1) is 0 Å². The molecule has 1 aliphatic carbocycles. The smallest absolute Gasteiger partial charge is 0.273 e. The molecule has 2 aromatic rings. The summed E-state index contributed by atoms with van der Waals surface area (Å²) in [6.45, 7) is 1.96. The third-order valence-corrected chi connectivity index (χ3v) is 4.48. The van der Waals surface area contributed by atoms with Crippen LogP contribution in [-0.2, 0) is 16.4 Å². The average Bonchev–Trinajstić information content (AvgIpc) is 2.92. The van der Waals surface area contributed by atoms with Gasteiger partial charge < -0.3 is 0 Å². The van der Waals surface area contributed by atoms with Crippen molar-refractivity contribution in [3.8, 4) is 10.7 Å². The van der Waals surface area contributed by atoms with Gasteiger partial charge >= 0.3 is 0 Å². The monoisotopic (exact) mass is 300 g/mol. The Kier molecular flexibility index (Phi) is 2.87. The quantitative estimate of drug-likeness (QED) is 0.870. The van der Waals surface area contributed by atoms with Gasteiger partial charge in [0, 0.05) is 6.04 Å². The average molecular weight is 300 g/mol. The third kappa shape index (κ3) is 2.15. The van der Waals surface area contributed by atoms with Gasteiger partial charge in [-0.25, -0.2) is 13.6 Å². The summed E-state index contributed by atoms with van der Waals surface area (Å²) in [6, 6.07) is 0.102. The molecular weight excluding hydrogens is 288 g/mol. The minimum Gasteiger partial charge on any atom is -0.293 e. The zero-order valence-electron chi connectivity index (χ0n) is 10.1. The van der Waals surface area contributed by atoms with Gasteiger partial charge in [-0.05, 0) is 30.8 Å². The van der Waals surface area contributed by atoms with Crippen LogP contribution in [0.5, 0.6) is 0 Å². The number of rotatable bonds is 4. The zero-order chi connectivity index (χ0) is 13.6. The van der Waals surface area contributed by atoms with E-state index < -0.39 is 10.0 Å². The van der Waals surface area contributed by atoms with Crippen LogP contribution in [0.15, 0.2) is 5.16 Å². The molecule has 102 valence electrons. The Morgan fingerprint density at radius 2 is 2.11 bits per heavy atom. The Balaban J connectivity index is 2.20. The summed E-state index contributed by atoms with van der Waals surface area (Å²) in [5, 5.41) is 16.7. The number of aryl methyl sites for hydroxylation is 1. The number of hydrogen-bond acceptors (Lipinski definition) is 7. The van der Waals surface area contributed by atoms with Crippen molar-refractivity contribution in [3.05, 3.63) is 5.69 Å². The molecule has 8 nitrogen and oxygen atoms in total. The molecule has 0 radical (unpaired) electrons. The summed E-state index contributed by atoms with van der Waals surface area (Å²) in [6.07, 6.45) is 2.51. The summed E-state index contributed by atoms with van der Waals surface area (Å²) in [4.78, 5) is 0.761. The highest BCUT2D eigenvalue weighted by Crippen LogP contribution is 2.40. The molecule has 0 amide bonds. The first kappa shape index (κ1) is 12.6. The summed E-state index contributed by atoms with van der Waals surface area (Å²) in [7, 11) is -3.88. The second-order valence-electron chi connectivity index (χ2n) is 4.35. The molecule has 0 aliphatic heterocycles. The molecular formula is C9H12N6O2S2. The van der Waals surface area contributed by atoms with Crippen LogP contribution in [0.1, 0.15) is 31.5 Å². The molecule has 10 heteroatoms. The van der Waals surface area contributed by atoms with Gasteiger partial charge in [-0.15, -0.1) is 15.3 Å². The highest BCUT2D eigenvalue weighted by Gasteiger charge is 2.34. The van der Waals surface area contributed by atoms with E-state index in [1.807, 2.05) is 6.92 Å². The minimum absolute atomic E-state index is 0.102. The molecule has 1 aliphatic rings. The maximum atomic E-state index is 11.5. The SMILES string of the molecule is CCc1nnsc1-c1nnc(S(N)(=O)=O)n1C1CC1. The summed E-state index contributed by atoms with van der Waals surface area (Å²) < 4.78 is 28.6. The molecule has 0 unspecified atom stereocenters. The molecule has 1 saturated carbocycles. The Bertz CT molecular complexity index is 715. The van der Waals surface area contributed by atoms with Crippen LogP contribution < -0.4 is 5.14 Å². The van der Waals surface area contributed by atoms with Gasteiger partial charge in [0.25, 0.3) is 15.2 Å². The van der Waals surface area contributed by atoms with Crippen molar-refractivity contribution < 1.29 is 8.42 Å². The Hall–Kier alpha value is -1.39. The topological polar surface area (TPSA) is 117 Å². The number of nitrogens with two attached hydrogens (primary N) is 1. The van der Waals surface area contributed by atoms with E-state index in [2.05, 4.69) is 19.8 Å². The van der Waals surface area contributed by atoms with E-state index in [0.29, 0.717) is 12.2 Å². The van der Waals surface area contributed by atoms with Gasteiger partial charge in [-0.1, -0.05) is 11.4 Å². The van der Waals surface area contributed by atoms with Gasteiger partial charge in [0.15, 0.2) is 5.82 Å². The Morgan fingerprint density at radius 3 is 2.68 bits per heavy atom. The van der Waals surface area contributed by atoms with Crippen molar-refractivity contribution in [3.63, 3.8) is 0 Å². The lowest BCUT2D eigenvalue weighted by molar-refractivity contribution is 0.567. The number of aromatic nitrogens is 5. The first-order chi connectivity index (χ1) is 9.02. The van der Waals surface area contributed by atoms with Crippen molar-refractivity contribution >= 4 is 21.6 Å². The molecule has 0 spiro atoms. The van der Waals surface area contributed by atoms with Gasteiger partial charge in [0.05, 0.1) is 5.69 Å². The highest BCUT2D eigenvalue weighted by molar-refractivity contribution is 7.89. The van der Waals surface area contributed by atoms with Gasteiger partial charge in [-0.3, -0.25) is 4.57 Å². The fraction of sp³-hybridized carbons (Fsp3) is 0.556. The van der Waals surface area contributed by atoms with Crippen molar-refractivity contribution in [2.45, 2.75) is 37.4 Å².